The average Bonchev–Trinajstić information content (AvgIpc) is 3.01. The molecule has 1 aromatic carbocycles. The maximum absolute atomic E-state index is 11.3. The molecular formula is C17H17N3O4. The number of rotatable bonds is 6. The van der Waals surface area contributed by atoms with Crippen LogP contribution >= 0.6 is 0 Å². The second kappa shape index (κ2) is 6.57. The minimum absolute atomic E-state index is 0.0727. The van der Waals surface area contributed by atoms with E-state index in [2.05, 4.69) is 4.98 Å². The zero-order valence-corrected chi connectivity index (χ0v) is 13.4. The Bertz CT molecular complexity index is 889. The van der Waals surface area contributed by atoms with E-state index < -0.39 is 4.92 Å². The van der Waals surface area contributed by atoms with Crippen LogP contribution in [-0.4, -0.2) is 27.5 Å². The predicted octanol–water partition coefficient (Wildman–Crippen LogP) is 3.71. The standard InChI is InChI=1S/C17H17N3O4/c1-3-23-15-8-7-12(10-14(15)20(21)22)13-11-19-9-5-6-16(24-4-2)17(19)18-13/h5-11H,3-4H2,1-2H3. The fourth-order valence-corrected chi connectivity index (χ4v) is 2.49. The van der Waals surface area contributed by atoms with Crippen LogP contribution in [0.4, 0.5) is 5.69 Å². The fourth-order valence-electron chi connectivity index (χ4n) is 2.49. The SMILES string of the molecule is CCOc1ccc(-c2cn3cccc(OCC)c3n2)cc1[N+](=O)[O-]. The van der Waals surface area contributed by atoms with Crippen LogP contribution < -0.4 is 9.47 Å². The zero-order chi connectivity index (χ0) is 17.1. The van der Waals surface area contributed by atoms with Gasteiger partial charge in [-0.2, -0.15) is 0 Å². The van der Waals surface area contributed by atoms with E-state index >= 15 is 0 Å². The van der Waals surface area contributed by atoms with E-state index in [1.165, 1.54) is 6.07 Å². The Balaban J connectivity index is 2.08. The second-order valence-electron chi connectivity index (χ2n) is 5.04. The highest BCUT2D eigenvalue weighted by molar-refractivity contribution is 5.69. The Labute approximate surface area is 138 Å². The van der Waals surface area contributed by atoms with Gasteiger partial charge in [-0.05, 0) is 38.1 Å². The summed E-state index contributed by atoms with van der Waals surface area (Å²) in [5.74, 6) is 0.928. The van der Waals surface area contributed by atoms with E-state index in [1.54, 1.807) is 19.1 Å². The number of hydrogen-bond donors (Lipinski definition) is 0. The van der Waals surface area contributed by atoms with Crippen LogP contribution in [0.25, 0.3) is 16.9 Å². The largest absolute Gasteiger partial charge is 0.490 e. The molecule has 0 radical (unpaired) electrons. The monoisotopic (exact) mass is 327 g/mol. The molecule has 124 valence electrons. The minimum Gasteiger partial charge on any atom is -0.490 e. The molecule has 0 spiro atoms. The van der Waals surface area contributed by atoms with Crippen molar-refractivity contribution in [2.24, 2.45) is 0 Å². The van der Waals surface area contributed by atoms with Gasteiger partial charge in [0.1, 0.15) is 0 Å². The number of fused-ring (bicyclic) bond motifs is 1. The molecule has 0 amide bonds. The molecule has 0 N–H and O–H groups in total. The van der Waals surface area contributed by atoms with Crippen molar-refractivity contribution in [1.82, 2.24) is 9.38 Å². The number of nitro groups is 1. The maximum Gasteiger partial charge on any atom is 0.311 e. The lowest BCUT2D eigenvalue weighted by Gasteiger charge is -2.05. The van der Waals surface area contributed by atoms with Crippen LogP contribution in [0.2, 0.25) is 0 Å². The van der Waals surface area contributed by atoms with Gasteiger partial charge in [-0.15, -0.1) is 0 Å². The van der Waals surface area contributed by atoms with E-state index in [9.17, 15) is 10.1 Å². The van der Waals surface area contributed by atoms with Crippen molar-refractivity contribution in [2.45, 2.75) is 13.8 Å². The topological polar surface area (TPSA) is 78.9 Å². The molecule has 0 saturated carbocycles. The van der Waals surface area contributed by atoms with Gasteiger partial charge in [0, 0.05) is 24.0 Å². The first-order valence-electron chi connectivity index (χ1n) is 7.66. The number of ether oxygens (including phenoxy) is 2. The summed E-state index contributed by atoms with van der Waals surface area (Å²) >= 11 is 0. The fraction of sp³-hybridized carbons (Fsp3) is 0.235. The molecule has 0 saturated heterocycles. The first-order valence-corrected chi connectivity index (χ1v) is 7.66. The molecule has 2 aromatic heterocycles. The van der Waals surface area contributed by atoms with Gasteiger partial charge in [0.25, 0.3) is 0 Å². The van der Waals surface area contributed by atoms with Crippen LogP contribution in [0.15, 0.2) is 42.7 Å². The van der Waals surface area contributed by atoms with Crippen LogP contribution in [-0.2, 0) is 0 Å². The van der Waals surface area contributed by atoms with E-state index in [1.807, 2.05) is 35.9 Å². The molecule has 7 heteroatoms. The number of pyridine rings is 1. The van der Waals surface area contributed by atoms with Crippen molar-refractivity contribution in [3.8, 4) is 22.8 Å². The third kappa shape index (κ3) is 2.88. The average molecular weight is 327 g/mol. The van der Waals surface area contributed by atoms with E-state index in [0.29, 0.717) is 35.9 Å². The van der Waals surface area contributed by atoms with Gasteiger partial charge in [0.2, 0.25) is 0 Å². The summed E-state index contributed by atoms with van der Waals surface area (Å²) in [5.41, 5.74) is 1.88. The quantitative estimate of drug-likeness (QED) is 0.509. The molecule has 24 heavy (non-hydrogen) atoms. The summed E-state index contributed by atoms with van der Waals surface area (Å²) in [6.07, 6.45) is 3.68. The van der Waals surface area contributed by atoms with Crippen molar-refractivity contribution < 1.29 is 14.4 Å². The van der Waals surface area contributed by atoms with E-state index in [0.717, 1.165) is 0 Å². The zero-order valence-electron chi connectivity index (χ0n) is 13.4. The summed E-state index contributed by atoms with van der Waals surface area (Å²) in [5, 5.41) is 11.3. The summed E-state index contributed by atoms with van der Waals surface area (Å²) in [4.78, 5) is 15.4. The Hall–Kier alpha value is -3.09. The van der Waals surface area contributed by atoms with Crippen molar-refractivity contribution in [1.29, 1.82) is 0 Å². The second-order valence-corrected chi connectivity index (χ2v) is 5.04. The Morgan fingerprint density at radius 2 is 1.92 bits per heavy atom. The molecule has 0 bridgehead atoms. The molecule has 0 aliphatic rings. The molecule has 2 heterocycles. The van der Waals surface area contributed by atoms with E-state index in [-0.39, 0.29) is 11.4 Å². The molecule has 3 rings (SSSR count). The van der Waals surface area contributed by atoms with Crippen LogP contribution in [0, 0.1) is 10.1 Å². The number of nitro benzene ring substituents is 1. The number of benzene rings is 1. The van der Waals surface area contributed by atoms with Crippen molar-refractivity contribution in [2.75, 3.05) is 13.2 Å². The normalized spacial score (nSPS) is 10.8. The third-order valence-electron chi connectivity index (χ3n) is 3.50. The summed E-state index contributed by atoms with van der Waals surface area (Å²) in [6.45, 7) is 4.60. The Kier molecular flexibility index (Phi) is 4.33. The summed E-state index contributed by atoms with van der Waals surface area (Å²) < 4.78 is 12.7. The highest BCUT2D eigenvalue weighted by atomic mass is 16.6. The Morgan fingerprint density at radius 1 is 1.17 bits per heavy atom. The Morgan fingerprint density at radius 3 is 2.62 bits per heavy atom. The number of imidazole rings is 1. The van der Waals surface area contributed by atoms with Gasteiger partial charge >= 0.3 is 5.69 Å². The molecule has 0 atom stereocenters. The van der Waals surface area contributed by atoms with Crippen molar-refractivity contribution in [3.63, 3.8) is 0 Å². The number of nitrogens with zero attached hydrogens (tertiary/aromatic N) is 3. The lowest BCUT2D eigenvalue weighted by molar-refractivity contribution is -0.385. The van der Waals surface area contributed by atoms with Crippen LogP contribution in [0.5, 0.6) is 11.5 Å². The highest BCUT2D eigenvalue weighted by Gasteiger charge is 2.18. The third-order valence-corrected chi connectivity index (χ3v) is 3.50. The number of aromatic nitrogens is 2. The predicted molar refractivity (Wildman–Crippen MR) is 89.6 cm³/mol. The molecular weight excluding hydrogens is 310 g/mol. The lowest BCUT2D eigenvalue weighted by atomic mass is 10.1. The van der Waals surface area contributed by atoms with Crippen LogP contribution in [0.3, 0.4) is 0 Å². The van der Waals surface area contributed by atoms with Gasteiger partial charge in [-0.3, -0.25) is 10.1 Å². The smallest absolute Gasteiger partial charge is 0.311 e. The van der Waals surface area contributed by atoms with Gasteiger partial charge in [-0.1, -0.05) is 0 Å². The highest BCUT2D eigenvalue weighted by Crippen LogP contribution is 2.33. The summed E-state index contributed by atoms with van der Waals surface area (Å²) in [6, 6.07) is 8.55. The van der Waals surface area contributed by atoms with Gasteiger partial charge < -0.3 is 13.9 Å². The van der Waals surface area contributed by atoms with Crippen LogP contribution in [0.1, 0.15) is 13.8 Å². The minimum atomic E-state index is -0.448. The van der Waals surface area contributed by atoms with E-state index in [4.69, 9.17) is 9.47 Å². The summed E-state index contributed by atoms with van der Waals surface area (Å²) in [7, 11) is 0. The van der Waals surface area contributed by atoms with Gasteiger partial charge in [0.05, 0.1) is 23.8 Å². The molecule has 0 aliphatic carbocycles. The van der Waals surface area contributed by atoms with Gasteiger partial charge in [0.15, 0.2) is 17.1 Å². The van der Waals surface area contributed by atoms with Crippen molar-refractivity contribution >= 4 is 11.3 Å². The molecule has 0 fully saturated rings. The molecule has 0 aliphatic heterocycles. The molecule has 3 aromatic rings. The first-order chi connectivity index (χ1) is 11.6. The number of hydrogen-bond acceptors (Lipinski definition) is 5. The lowest BCUT2D eigenvalue weighted by Crippen LogP contribution is -1.97. The van der Waals surface area contributed by atoms with Crippen molar-refractivity contribution in [3.05, 3.63) is 52.8 Å². The first kappa shape index (κ1) is 15.8. The molecule has 7 nitrogen and oxygen atoms in total. The molecule has 0 unspecified atom stereocenters. The van der Waals surface area contributed by atoms with Gasteiger partial charge in [-0.25, -0.2) is 4.98 Å². The maximum atomic E-state index is 11.3.